The van der Waals surface area contributed by atoms with Crippen LogP contribution in [0.1, 0.15) is 33.8 Å². The molecule has 25 heavy (non-hydrogen) atoms. The summed E-state index contributed by atoms with van der Waals surface area (Å²) in [5.41, 5.74) is 1.32. The molecule has 0 radical (unpaired) electrons. The fourth-order valence-corrected chi connectivity index (χ4v) is 3.20. The van der Waals surface area contributed by atoms with E-state index >= 15 is 0 Å². The summed E-state index contributed by atoms with van der Waals surface area (Å²) in [5.74, 6) is -3.08. The topological polar surface area (TPSA) is 41.1 Å². The molecular formula is C19H19F3N2O. The summed E-state index contributed by atoms with van der Waals surface area (Å²) in [4.78, 5) is 12.4. The monoisotopic (exact) mass is 348 g/mol. The lowest BCUT2D eigenvalue weighted by Crippen LogP contribution is -2.50. The molecule has 2 aromatic rings. The summed E-state index contributed by atoms with van der Waals surface area (Å²) in [7, 11) is 0. The lowest BCUT2D eigenvalue weighted by molar-refractivity contribution is 0.0920. The van der Waals surface area contributed by atoms with Gasteiger partial charge in [0.1, 0.15) is 5.82 Å². The van der Waals surface area contributed by atoms with Gasteiger partial charge in [-0.3, -0.25) is 4.79 Å². The quantitative estimate of drug-likeness (QED) is 0.894. The van der Waals surface area contributed by atoms with Gasteiger partial charge in [0.2, 0.25) is 0 Å². The van der Waals surface area contributed by atoms with E-state index in [1.807, 2.05) is 0 Å². The van der Waals surface area contributed by atoms with Crippen molar-refractivity contribution < 1.29 is 18.0 Å². The Bertz CT molecular complexity index is 794. The lowest BCUT2D eigenvalue weighted by Gasteiger charge is -2.33. The third-order valence-electron chi connectivity index (χ3n) is 4.54. The molecule has 1 fully saturated rings. The Hall–Kier alpha value is -2.34. The normalized spacial score (nSPS) is 20.3. The molecule has 2 atom stereocenters. The first-order valence-corrected chi connectivity index (χ1v) is 8.18. The zero-order valence-electron chi connectivity index (χ0n) is 13.8. The van der Waals surface area contributed by atoms with E-state index in [0.29, 0.717) is 25.1 Å². The maximum Gasteiger partial charge on any atom is 0.254 e. The van der Waals surface area contributed by atoms with Crippen molar-refractivity contribution in [2.45, 2.75) is 25.3 Å². The van der Waals surface area contributed by atoms with Gasteiger partial charge in [-0.15, -0.1) is 0 Å². The first-order valence-electron chi connectivity index (χ1n) is 8.18. The van der Waals surface area contributed by atoms with Crippen LogP contribution in [0.15, 0.2) is 36.4 Å². The van der Waals surface area contributed by atoms with Crippen LogP contribution in [0.2, 0.25) is 0 Å². The van der Waals surface area contributed by atoms with Crippen LogP contribution < -0.4 is 10.6 Å². The molecule has 3 nitrogen and oxygen atoms in total. The number of halogens is 3. The standard InChI is InChI=1S/C19H19F3N2O/c1-11-2-4-14(16(21)8-11)19(25)24-18-10-23-7-6-13(18)12-3-5-15(20)17(22)9-12/h2-5,8-9,13,18,23H,6-7,10H2,1H3,(H,24,25). The number of carbonyl (C=O) groups excluding carboxylic acids is 1. The van der Waals surface area contributed by atoms with E-state index in [1.165, 1.54) is 18.2 Å². The van der Waals surface area contributed by atoms with Crippen molar-refractivity contribution >= 4 is 5.91 Å². The predicted molar refractivity (Wildman–Crippen MR) is 89.0 cm³/mol. The Labute approximate surface area is 144 Å². The van der Waals surface area contributed by atoms with E-state index in [9.17, 15) is 18.0 Å². The molecule has 3 rings (SSSR count). The van der Waals surface area contributed by atoms with Crippen molar-refractivity contribution in [2.75, 3.05) is 13.1 Å². The van der Waals surface area contributed by atoms with Gasteiger partial charge >= 0.3 is 0 Å². The van der Waals surface area contributed by atoms with Gasteiger partial charge in [0.25, 0.3) is 5.91 Å². The number of aryl methyl sites for hydroxylation is 1. The van der Waals surface area contributed by atoms with Crippen molar-refractivity contribution in [3.05, 3.63) is 70.5 Å². The Morgan fingerprint density at radius 1 is 1.08 bits per heavy atom. The third-order valence-corrected chi connectivity index (χ3v) is 4.54. The van der Waals surface area contributed by atoms with Crippen molar-refractivity contribution in [1.29, 1.82) is 0 Å². The van der Waals surface area contributed by atoms with Gasteiger partial charge < -0.3 is 10.6 Å². The van der Waals surface area contributed by atoms with Crippen molar-refractivity contribution in [3.8, 4) is 0 Å². The molecule has 1 aliphatic rings. The number of nitrogens with one attached hydrogen (secondary N) is 2. The summed E-state index contributed by atoms with van der Waals surface area (Å²) < 4.78 is 40.7. The summed E-state index contributed by atoms with van der Waals surface area (Å²) in [6.07, 6.45) is 0.659. The maximum atomic E-state index is 14.0. The Morgan fingerprint density at radius 3 is 2.60 bits per heavy atom. The fourth-order valence-electron chi connectivity index (χ4n) is 3.20. The maximum absolute atomic E-state index is 14.0. The zero-order chi connectivity index (χ0) is 18.0. The SMILES string of the molecule is Cc1ccc(C(=O)NC2CNCCC2c2ccc(F)c(F)c2)c(F)c1. The zero-order valence-corrected chi connectivity index (χ0v) is 13.8. The molecule has 1 heterocycles. The van der Waals surface area contributed by atoms with E-state index in [1.54, 1.807) is 13.0 Å². The molecule has 1 amide bonds. The molecule has 1 saturated heterocycles. The molecule has 0 spiro atoms. The highest BCUT2D eigenvalue weighted by molar-refractivity contribution is 5.94. The van der Waals surface area contributed by atoms with Crippen LogP contribution in [0.4, 0.5) is 13.2 Å². The van der Waals surface area contributed by atoms with E-state index in [4.69, 9.17) is 0 Å². The van der Waals surface area contributed by atoms with Crippen molar-refractivity contribution in [1.82, 2.24) is 10.6 Å². The first-order chi connectivity index (χ1) is 12.0. The fraction of sp³-hybridized carbons (Fsp3) is 0.316. The number of rotatable bonds is 3. The summed E-state index contributed by atoms with van der Waals surface area (Å²) in [6.45, 7) is 2.92. The number of hydrogen-bond acceptors (Lipinski definition) is 2. The van der Waals surface area contributed by atoms with Gasteiger partial charge in [-0.25, -0.2) is 13.2 Å². The highest BCUT2D eigenvalue weighted by Crippen LogP contribution is 2.27. The second-order valence-corrected chi connectivity index (χ2v) is 6.34. The molecule has 2 unspecified atom stereocenters. The summed E-state index contributed by atoms with van der Waals surface area (Å²) >= 11 is 0. The Morgan fingerprint density at radius 2 is 1.88 bits per heavy atom. The Kier molecular flexibility index (Phi) is 5.08. The van der Waals surface area contributed by atoms with Crippen molar-refractivity contribution in [3.63, 3.8) is 0 Å². The summed E-state index contributed by atoms with van der Waals surface area (Å²) in [6, 6.07) is 7.86. The summed E-state index contributed by atoms with van der Waals surface area (Å²) in [5, 5.41) is 5.99. The average Bonchev–Trinajstić information content (AvgIpc) is 2.58. The molecule has 132 valence electrons. The molecular weight excluding hydrogens is 329 g/mol. The van der Waals surface area contributed by atoms with E-state index in [0.717, 1.165) is 17.7 Å². The number of benzene rings is 2. The minimum atomic E-state index is -0.911. The van der Waals surface area contributed by atoms with E-state index < -0.39 is 23.4 Å². The second kappa shape index (κ2) is 7.27. The van der Waals surface area contributed by atoms with Gasteiger partial charge in [-0.05, 0) is 55.3 Å². The highest BCUT2D eigenvalue weighted by atomic mass is 19.2. The van der Waals surface area contributed by atoms with Crippen LogP contribution >= 0.6 is 0 Å². The molecule has 1 aliphatic heterocycles. The Balaban J connectivity index is 1.81. The van der Waals surface area contributed by atoms with Gasteiger partial charge in [-0.1, -0.05) is 12.1 Å². The van der Waals surface area contributed by atoms with Crippen LogP contribution in [0.25, 0.3) is 0 Å². The predicted octanol–water partition coefficient (Wildman–Crippen LogP) is 3.29. The molecule has 0 bridgehead atoms. The average molecular weight is 348 g/mol. The van der Waals surface area contributed by atoms with Gasteiger partial charge in [0.15, 0.2) is 11.6 Å². The van der Waals surface area contributed by atoms with Gasteiger partial charge in [-0.2, -0.15) is 0 Å². The van der Waals surface area contributed by atoms with Crippen LogP contribution in [0.3, 0.4) is 0 Å². The largest absolute Gasteiger partial charge is 0.347 e. The molecule has 2 N–H and O–H groups in total. The smallest absolute Gasteiger partial charge is 0.254 e. The molecule has 2 aromatic carbocycles. The van der Waals surface area contributed by atoms with Gasteiger partial charge in [0.05, 0.1) is 5.56 Å². The second-order valence-electron chi connectivity index (χ2n) is 6.34. The minimum absolute atomic E-state index is 0.0276. The van der Waals surface area contributed by atoms with E-state index in [2.05, 4.69) is 10.6 Å². The van der Waals surface area contributed by atoms with Crippen LogP contribution in [-0.4, -0.2) is 25.0 Å². The van der Waals surface area contributed by atoms with Crippen LogP contribution in [0, 0.1) is 24.4 Å². The van der Waals surface area contributed by atoms with Crippen LogP contribution in [0.5, 0.6) is 0 Å². The number of piperidine rings is 1. The minimum Gasteiger partial charge on any atom is -0.347 e. The van der Waals surface area contributed by atoms with Gasteiger partial charge in [0, 0.05) is 18.5 Å². The lowest BCUT2D eigenvalue weighted by atomic mass is 9.85. The molecule has 0 aromatic heterocycles. The number of amides is 1. The molecule has 0 saturated carbocycles. The molecule has 6 heteroatoms. The third kappa shape index (κ3) is 3.85. The van der Waals surface area contributed by atoms with Crippen LogP contribution in [-0.2, 0) is 0 Å². The van der Waals surface area contributed by atoms with Crippen molar-refractivity contribution in [2.24, 2.45) is 0 Å². The molecule has 0 aliphatic carbocycles. The highest BCUT2D eigenvalue weighted by Gasteiger charge is 2.29. The first kappa shape index (κ1) is 17.5. The number of hydrogen-bond donors (Lipinski definition) is 2. The number of carbonyl (C=O) groups is 1. The van der Waals surface area contributed by atoms with E-state index in [-0.39, 0.29) is 17.5 Å².